The van der Waals surface area contributed by atoms with Crippen LogP contribution >= 0.6 is 0 Å². The Balaban J connectivity index is 4.10. The van der Waals surface area contributed by atoms with Crippen LogP contribution in [-0.2, 0) is 33.3 Å². The van der Waals surface area contributed by atoms with Gasteiger partial charge in [-0.1, -0.05) is 302 Å². The number of carboxylic acid groups (broad SMARTS) is 1. The van der Waals surface area contributed by atoms with E-state index in [9.17, 15) is 19.5 Å². The topological polar surface area (TPSA) is 111 Å². The maximum atomic E-state index is 12.9. The maximum Gasteiger partial charge on any atom is 0.306 e. The highest BCUT2D eigenvalue weighted by molar-refractivity contribution is 5.70. The lowest BCUT2D eigenvalue weighted by Gasteiger charge is -2.26. The summed E-state index contributed by atoms with van der Waals surface area (Å²) in [6.45, 7) is 4.54. The molecule has 0 aromatic rings. The first-order valence-electron chi connectivity index (χ1n) is 35.7. The number of hydrogen-bond donors (Lipinski definition) is 0. The summed E-state index contributed by atoms with van der Waals surface area (Å²) in [5.74, 6) is -2.28. The van der Waals surface area contributed by atoms with Crippen LogP contribution in [0.25, 0.3) is 0 Å². The minimum Gasteiger partial charge on any atom is -0.545 e. The van der Waals surface area contributed by atoms with Crippen LogP contribution in [0, 0.1) is 0 Å². The fourth-order valence-corrected chi connectivity index (χ4v) is 9.83. The second kappa shape index (κ2) is 67.6. The van der Waals surface area contributed by atoms with Gasteiger partial charge in [0.25, 0.3) is 0 Å². The van der Waals surface area contributed by atoms with Gasteiger partial charge >= 0.3 is 11.9 Å². The van der Waals surface area contributed by atoms with Crippen molar-refractivity contribution in [1.82, 2.24) is 0 Å². The van der Waals surface area contributed by atoms with Crippen molar-refractivity contribution in [3.05, 3.63) is 122 Å². The van der Waals surface area contributed by atoms with E-state index in [4.69, 9.17) is 18.9 Å². The minimum atomic E-state index is -1.63. The molecule has 87 heavy (non-hydrogen) atoms. The second-order valence-electron chi connectivity index (χ2n) is 24.8. The number of carbonyl (C=O) groups excluding carboxylic acids is 3. The molecule has 0 spiro atoms. The Labute approximate surface area is 536 Å². The van der Waals surface area contributed by atoms with E-state index in [1.807, 2.05) is 21.1 Å². The Bertz CT molecular complexity index is 1840. The number of rotatable bonds is 65. The highest BCUT2D eigenvalue weighted by atomic mass is 16.7. The van der Waals surface area contributed by atoms with Crippen LogP contribution in [0.1, 0.15) is 296 Å². The predicted octanol–water partition coefficient (Wildman–Crippen LogP) is 21.0. The highest BCUT2D eigenvalue weighted by Crippen LogP contribution is 2.17. The van der Waals surface area contributed by atoms with E-state index in [0.29, 0.717) is 17.4 Å². The molecular formula is C78H133NO8. The number of nitrogens with zero attached hydrogens (tertiary/aromatic N) is 1. The first-order valence-corrected chi connectivity index (χ1v) is 35.7. The monoisotopic (exact) mass is 1210 g/mol. The van der Waals surface area contributed by atoms with E-state index in [1.54, 1.807) is 0 Å². The molecule has 0 radical (unpaired) electrons. The number of unbranched alkanes of at least 4 members (excludes halogenated alkanes) is 30. The molecule has 0 amide bonds. The number of allylic oxidation sites excluding steroid dienone is 20. The van der Waals surface area contributed by atoms with E-state index < -0.39 is 24.3 Å². The third-order valence-electron chi connectivity index (χ3n) is 15.2. The number of aliphatic carboxylic acids is 1. The van der Waals surface area contributed by atoms with Gasteiger partial charge in [-0.25, -0.2) is 0 Å². The molecule has 0 aliphatic heterocycles. The van der Waals surface area contributed by atoms with Gasteiger partial charge in [0.2, 0.25) is 0 Å². The molecule has 0 saturated carbocycles. The molecule has 0 rings (SSSR count). The lowest BCUT2D eigenvalue weighted by molar-refractivity contribution is -0.870. The van der Waals surface area contributed by atoms with Crippen LogP contribution in [0.15, 0.2) is 122 Å². The summed E-state index contributed by atoms with van der Waals surface area (Å²) in [5, 5.41) is 11.8. The predicted molar refractivity (Wildman–Crippen MR) is 370 cm³/mol. The lowest BCUT2D eigenvalue weighted by atomic mass is 10.0. The van der Waals surface area contributed by atoms with Gasteiger partial charge in [0.1, 0.15) is 13.2 Å². The van der Waals surface area contributed by atoms with Gasteiger partial charge in [0.05, 0.1) is 40.3 Å². The number of hydrogen-bond acceptors (Lipinski definition) is 8. The minimum absolute atomic E-state index is 0.143. The molecule has 2 unspecified atom stereocenters. The summed E-state index contributed by atoms with van der Waals surface area (Å²) in [6, 6.07) is 0. The van der Waals surface area contributed by atoms with Crippen LogP contribution in [0.5, 0.6) is 0 Å². The van der Waals surface area contributed by atoms with E-state index in [2.05, 4.69) is 135 Å². The van der Waals surface area contributed by atoms with Crippen LogP contribution in [0.2, 0.25) is 0 Å². The SMILES string of the molecule is CC/C=C\C/C=C\C/C=C\C/C=C\C/C=C\C/C=C\CCCCCCCCCCCCC(=O)OC(COC(=O)CCCCCCCCCCCCCCCCCCCCCC/C=C\C/C=C\C/C=C\C/C=C\CC)COC(OCC[N+](C)(C)C)C(=O)[O-]. The Morgan fingerprint density at radius 3 is 0.920 bits per heavy atom. The number of ether oxygens (including phenoxy) is 4. The molecule has 0 bridgehead atoms. The summed E-state index contributed by atoms with van der Waals surface area (Å²) in [4.78, 5) is 37.5. The molecule has 2 atom stereocenters. The summed E-state index contributed by atoms with van der Waals surface area (Å²) in [6.07, 6.45) is 92.8. The third-order valence-corrected chi connectivity index (χ3v) is 15.2. The van der Waals surface area contributed by atoms with Gasteiger partial charge in [0, 0.05) is 12.8 Å². The van der Waals surface area contributed by atoms with Crippen molar-refractivity contribution in [3.63, 3.8) is 0 Å². The highest BCUT2D eigenvalue weighted by Gasteiger charge is 2.22. The Kier molecular flexibility index (Phi) is 64.3. The Morgan fingerprint density at radius 2 is 0.621 bits per heavy atom. The van der Waals surface area contributed by atoms with Crippen molar-refractivity contribution < 1.29 is 42.9 Å². The van der Waals surface area contributed by atoms with Crippen molar-refractivity contribution >= 4 is 17.9 Å². The molecule has 0 aliphatic rings. The average Bonchev–Trinajstić information content (AvgIpc) is 3.57. The molecule has 0 aliphatic carbocycles. The van der Waals surface area contributed by atoms with Gasteiger partial charge < -0.3 is 33.3 Å². The maximum absolute atomic E-state index is 12.9. The number of carbonyl (C=O) groups is 3. The van der Waals surface area contributed by atoms with Crippen molar-refractivity contribution in [2.45, 2.75) is 309 Å². The normalized spacial score (nSPS) is 13.4. The van der Waals surface area contributed by atoms with Gasteiger partial charge in [-0.15, -0.1) is 0 Å². The van der Waals surface area contributed by atoms with Crippen LogP contribution in [0.4, 0.5) is 0 Å². The average molecular weight is 1210 g/mol. The molecule has 0 N–H and O–H groups in total. The Hall–Kier alpha value is -4.31. The van der Waals surface area contributed by atoms with Gasteiger partial charge in [-0.05, 0) is 103 Å². The zero-order valence-electron chi connectivity index (χ0n) is 56.9. The van der Waals surface area contributed by atoms with E-state index in [-0.39, 0.29) is 38.6 Å². The van der Waals surface area contributed by atoms with Gasteiger partial charge in [-0.2, -0.15) is 0 Å². The van der Waals surface area contributed by atoms with Crippen molar-refractivity contribution in [2.24, 2.45) is 0 Å². The molecule has 9 nitrogen and oxygen atoms in total. The summed E-state index contributed by atoms with van der Waals surface area (Å²) < 4.78 is 22.8. The molecular weight excluding hydrogens is 1080 g/mol. The zero-order valence-corrected chi connectivity index (χ0v) is 56.9. The lowest BCUT2D eigenvalue weighted by Crippen LogP contribution is -2.44. The smallest absolute Gasteiger partial charge is 0.306 e. The molecule has 0 aromatic carbocycles. The fourth-order valence-electron chi connectivity index (χ4n) is 9.83. The quantitative estimate of drug-likeness (QED) is 0.0195. The van der Waals surface area contributed by atoms with E-state index in [0.717, 1.165) is 109 Å². The van der Waals surface area contributed by atoms with Crippen LogP contribution in [0.3, 0.4) is 0 Å². The molecule has 498 valence electrons. The first-order chi connectivity index (χ1) is 42.6. The number of esters is 2. The largest absolute Gasteiger partial charge is 0.545 e. The summed E-state index contributed by atoms with van der Waals surface area (Å²) in [5.41, 5.74) is 0. The van der Waals surface area contributed by atoms with E-state index in [1.165, 1.54) is 154 Å². The van der Waals surface area contributed by atoms with Crippen LogP contribution in [-0.4, -0.2) is 82.3 Å². The molecule has 0 aromatic heterocycles. The molecule has 9 heteroatoms. The van der Waals surface area contributed by atoms with Crippen molar-refractivity contribution in [1.29, 1.82) is 0 Å². The molecule has 0 fully saturated rings. The van der Waals surface area contributed by atoms with Gasteiger partial charge in [-0.3, -0.25) is 9.59 Å². The van der Waals surface area contributed by atoms with Crippen molar-refractivity contribution in [2.75, 3.05) is 47.5 Å². The van der Waals surface area contributed by atoms with Gasteiger partial charge in [0.15, 0.2) is 12.4 Å². The molecule has 0 saturated heterocycles. The number of quaternary nitrogens is 1. The number of carboxylic acids is 1. The molecule has 0 heterocycles. The van der Waals surface area contributed by atoms with E-state index >= 15 is 0 Å². The summed E-state index contributed by atoms with van der Waals surface area (Å²) >= 11 is 0. The standard InChI is InChI=1S/C78H133NO8/c1-6-8-10-12-14-16-18-20-22-24-26-28-30-32-34-36-37-38-39-41-42-44-46-48-50-52-54-56-58-60-62-64-66-68-75(80)85-72-74(73-86-78(77(82)83)84-71-70-79(3,4)5)87-76(81)69-67-65-63-61-59-57-55-53-51-49-47-45-43-40-35-33-31-29-27-25-23-21-19-17-15-13-11-9-7-2/h8-11,14-17,20-23,26-29,33,35,43,45,74,78H,6-7,12-13,18-19,24-25,30-32,34,36-42,44,46-73H2,1-5H3/b10-8-,11-9-,16-14-,17-15-,22-20-,23-21-,28-26-,29-27-,35-33-,45-43-. The number of likely N-dealkylation sites (N-methyl/N-ethyl adjacent to an activating group) is 1. The Morgan fingerprint density at radius 1 is 0.345 bits per heavy atom. The third kappa shape index (κ3) is 69.0. The summed E-state index contributed by atoms with van der Waals surface area (Å²) in [7, 11) is 5.93. The fraction of sp³-hybridized carbons (Fsp3) is 0.705. The van der Waals surface area contributed by atoms with Crippen molar-refractivity contribution in [3.8, 4) is 0 Å². The van der Waals surface area contributed by atoms with Crippen LogP contribution < -0.4 is 5.11 Å². The zero-order chi connectivity index (χ0) is 63.3. The second-order valence-corrected chi connectivity index (χ2v) is 24.8. The first kappa shape index (κ1) is 82.7.